The van der Waals surface area contributed by atoms with Crippen LogP contribution >= 0.6 is 11.3 Å². The quantitative estimate of drug-likeness (QED) is 0.223. The van der Waals surface area contributed by atoms with Crippen LogP contribution in [0.5, 0.6) is 0 Å². The van der Waals surface area contributed by atoms with Crippen molar-refractivity contribution in [2.75, 3.05) is 0 Å². The lowest BCUT2D eigenvalue weighted by molar-refractivity contribution is -0.588. The number of nitrogens with zero attached hydrogens (tertiary/aromatic N) is 1. The Morgan fingerprint density at radius 2 is 0.875 bits per heavy atom. The molecule has 40 heavy (non-hydrogen) atoms. The van der Waals surface area contributed by atoms with Crippen LogP contribution in [0.25, 0.3) is 27.9 Å². The molecule has 4 aromatic rings. The third-order valence-corrected chi connectivity index (χ3v) is 8.35. The molecule has 0 atom stereocenters. The van der Waals surface area contributed by atoms with Gasteiger partial charge in [-0.3, -0.25) is 0 Å². The van der Waals surface area contributed by atoms with Crippen molar-refractivity contribution in [2.24, 2.45) is 0 Å². The first-order valence-electron chi connectivity index (χ1n) is 14.3. The van der Waals surface area contributed by atoms with Crippen LogP contribution in [0.2, 0.25) is 0 Å². The van der Waals surface area contributed by atoms with Gasteiger partial charge < -0.3 is 12.4 Å². The Hall–Kier alpha value is -2.42. The highest BCUT2D eigenvalue weighted by atomic mass is 35.5. The average Bonchev–Trinajstić information content (AvgIpc) is 3.35. The molecule has 0 aliphatic carbocycles. The molecular weight excluding hydrogens is 526 g/mol. The fraction of sp³-hybridized carbons (Fsp3) is 0.432. The lowest BCUT2D eigenvalue weighted by Gasteiger charge is -2.27. The number of aromatic nitrogens is 1. The van der Waals surface area contributed by atoms with E-state index in [0.717, 1.165) is 0 Å². The van der Waals surface area contributed by atoms with Crippen LogP contribution in [-0.2, 0) is 21.7 Å². The number of para-hydroxylation sites is 1. The molecule has 3 heteroatoms. The van der Waals surface area contributed by atoms with Crippen molar-refractivity contribution in [1.29, 1.82) is 0 Å². The van der Waals surface area contributed by atoms with Crippen molar-refractivity contribution in [2.45, 2.75) is 105 Å². The van der Waals surface area contributed by atoms with Gasteiger partial charge in [0.15, 0.2) is 6.20 Å². The molecule has 0 fully saturated rings. The van der Waals surface area contributed by atoms with Crippen LogP contribution in [0.4, 0.5) is 0 Å². The van der Waals surface area contributed by atoms with Gasteiger partial charge in [0.05, 0.1) is 16.5 Å². The molecule has 1 heterocycles. The second-order valence-electron chi connectivity index (χ2n) is 15.2. The van der Waals surface area contributed by atoms with Gasteiger partial charge in [0.25, 0.3) is 0 Å². The number of rotatable bonds is 3. The van der Waals surface area contributed by atoms with Gasteiger partial charge in [-0.1, -0.05) is 137 Å². The molecule has 0 aliphatic rings. The highest BCUT2D eigenvalue weighted by Gasteiger charge is 2.27. The molecular formula is C37H48ClNS. The van der Waals surface area contributed by atoms with E-state index in [0.29, 0.717) is 0 Å². The van der Waals surface area contributed by atoms with Crippen LogP contribution in [-0.4, -0.2) is 0 Å². The lowest BCUT2D eigenvalue weighted by atomic mass is 9.78. The summed E-state index contributed by atoms with van der Waals surface area (Å²) in [6.45, 7) is 27.8. The number of hydrogen-bond donors (Lipinski definition) is 0. The molecule has 0 amide bonds. The van der Waals surface area contributed by atoms with Crippen molar-refractivity contribution < 1.29 is 17.0 Å². The van der Waals surface area contributed by atoms with Crippen LogP contribution in [0.1, 0.15) is 105 Å². The first-order valence-corrected chi connectivity index (χ1v) is 15.2. The second kappa shape index (κ2) is 11.1. The zero-order chi connectivity index (χ0) is 29.0. The van der Waals surface area contributed by atoms with E-state index in [1.54, 1.807) is 11.3 Å². The molecule has 0 spiro atoms. The van der Waals surface area contributed by atoms with Gasteiger partial charge in [-0.2, -0.15) is 4.57 Å². The summed E-state index contributed by atoms with van der Waals surface area (Å²) in [4.78, 5) is 0. The van der Waals surface area contributed by atoms with Crippen molar-refractivity contribution >= 4 is 11.3 Å². The summed E-state index contributed by atoms with van der Waals surface area (Å²) in [7, 11) is 0. The number of halogens is 1. The number of benzene rings is 3. The van der Waals surface area contributed by atoms with E-state index in [1.807, 2.05) is 0 Å². The Labute approximate surface area is 254 Å². The molecule has 4 rings (SSSR count). The molecule has 0 N–H and O–H groups in total. The molecule has 214 valence electrons. The molecule has 3 aromatic carbocycles. The van der Waals surface area contributed by atoms with E-state index in [1.165, 1.54) is 50.2 Å². The number of thiazole rings is 1. The zero-order valence-electron chi connectivity index (χ0n) is 26.7. The SMILES string of the molecule is CC(C)(C)c1cc(-c2cccc(-c3cc(C(C)(C)C)cc(C(C)(C)C)c3)c2-[n+]2ccsc2)cc(C(C)(C)C)c1.[Cl-]. The molecule has 0 bridgehead atoms. The summed E-state index contributed by atoms with van der Waals surface area (Å²) in [6.07, 6.45) is 2.20. The maximum Gasteiger partial charge on any atom is 0.230 e. The maximum atomic E-state index is 2.41. The third-order valence-electron chi connectivity index (χ3n) is 7.72. The van der Waals surface area contributed by atoms with E-state index >= 15 is 0 Å². The second-order valence-corrected chi connectivity index (χ2v) is 16.0. The van der Waals surface area contributed by atoms with Gasteiger partial charge in [0.1, 0.15) is 0 Å². The van der Waals surface area contributed by atoms with Crippen molar-refractivity contribution in [1.82, 2.24) is 0 Å². The van der Waals surface area contributed by atoms with Gasteiger partial charge in [0.2, 0.25) is 11.2 Å². The van der Waals surface area contributed by atoms with Gasteiger partial charge in [-0.15, -0.1) is 0 Å². The van der Waals surface area contributed by atoms with Crippen molar-refractivity contribution in [3.8, 4) is 27.9 Å². The summed E-state index contributed by atoms with van der Waals surface area (Å²) in [5.41, 5.74) is 14.3. The molecule has 1 nitrogen and oxygen atoms in total. The summed E-state index contributed by atoms with van der Waals surface area (Å²) in [5, 5.41) is 2.17. The zero-order valence-corrected chi connectivity index (χ0v) is 28.2. The third kappa shape index (κ3) is 6.89. The first kappa shape index (κ1) is 32.1. The minimum absolute atomic E-state index is 0. The van der Waals surface area contributed by atoms with Crippen molar-refractivity contribution in [3.05, 3.63) is 93.9 Å². The van der Waals surface area contributed by atoms with Gasteiger partial charge >= 0.3 is 0 Å². The topological polar surface area (TPSA) is 3.88 Å². The normalized spacial score (nSPS) is 12.8. The fourth-order valence-corrected chi connectivity index (χ4v) is 5.53. The predicted octanol–water partition coefficient (Wildman–Crippen LogP) is 7.55. The summed E-state index contributed by atoms with van der Waals surface area (Å²) in [6, 6.07) is 21.3. The fourth-order valence-electron chi connectivity index (χ4n) is 4.95. The Morgan fingerprint density at radius 1 is 0.525 bits per heavy atom. The van der Waals surface area contributed by atoms with E-state index in [-0.39, 0.29) is 34.1 Å². The van der Waals surface area contributed by atoms with Crippen LogP contribution in [0, 0.1) is 0 Å². The van der Waals surface area contributed by atoms with E-state index in [4.69, 9.17) is 0 Å². The van der Waals surface area contributed by atoms with Gasteiger partial charge in [-0.05, 0) is 67.2 Å². The summed E-state index contributed by atoms with van der Waals surface area (Å²) in [5.74, 6) is 0. The molecule has 0 unspecified atom stereocenters. The Balaban J connectivity index is 0.00000441. The van der Waals surface area contributed by atoms with E-state index in [2.05, 4.69) is 159 Å². The predicted molar refractivity (Wildman–Crippen MR) is 172 cm³/mol. The molecule has 0 saturated carbocycles. The smallest absolute Gasteiger partial charge is 0.230 e. The summed E-state index contributed by atoms with van der Waals surface area (Å²) >= 11 is 1.73. The summed E-state index contributed by atoms with van der Waals surface area (Å²) < 4.78 is 2.32. The Kier molecular flexibility index (Phi) is 8.91. The minimum Gasteiger partial charge on any atom is -1.00 e. The average molecular weight is 574 g/mol. The molecule has 0 saturated heterocycles. The van der Waals surface area contributed by atoms with Crippen LogP contribution in [0.15, 0.2) is 71.7 Å². The Morgan fingerprint density at radius 3 is 1.15 bits per heavy atom. The largest absolute Gasteiger partial charge is 1.00 e. The van der Waals surface area contributed by atoms with Crippen LogP contribution < -0.4 is 17.0 Å². The monoisotopic (exact) mass is 573 g/mol. The number of hydrogen-bond acceptors (Lipinski definition) is 1. The highest BCUT2D eigenvalue weighted by Crippen LogP contribution is 2.40. The lowest BCUT2D eigenvalue weighted by Crippen LogP contribution is -3.00. The van der Waals surface area contributed by atoms with E-state index in [9.17, 15) is 0 Å². The standard InChI is InChI=1S/C37H48NS.ClH/c1-34(2,3)27-18-25(19-28(22-27)35(4,5)6)31-14-13-15-32(33(31)38-16-17-39-24-38)26-20-29(36(7,8)9)23-30(21-26)37(10,11)12;/h13-24H,1-12H3;1H/q+1;/p-1. The van der Waals surface area contributed by atoms with E-state index < -0.39 is 0 Å². The van der Waals surface area contributed by atoms with Crippen molar-refractivity contribution in [3.63, 3.8) is 0 Å². The minimum atomic E-state index is 0. The molecule has 0 radical (unpaired) electrons. The van der Waals surface area contributed by atoms with Gasteiger partial charge in [0, 0.05) is 0 Å². The first-order chi connectivity index (χ1) is 17.9. The molecule has 0 aliphatic heterocycles. The maximum absolute atomic E-state index is 2.41. The van der Waals surface area contributed by atoms with Crippen LogP contribution in [0.3, 0.4) is 0 Å². The Bertz CT molecular complexity index is 1310. The highest BCUT2D eigenvalue weighted by molar-refractivity contribution is 7.07. The van der Waals surface area contributed by atoms with Gasteiger partial charge in [-0.25, -0.2) is 0 Å². The molecule has 1 aromatic heterocycles.